The summed E-state index contributed by atoms with van der Waals surface area (Å²) in [4.78, 5) is 14.1. The number of hydrogen-bond donors (Lipinski definition) is 0. The van der Waals surface area contributed by atoms with Gasteiger partial charge in [-0.25, -0.2) is 13.5 Å². The second-order valence-electron chi connectivity index (χ2n) is 7.15. The highest BCUT2D eigenvalue weighted by molar-refractivity contribution is 6.06. The minimum absolute atomic E-state index is 0.00527. The lowest BCUT2D eigenvalue weighted by atomic mass is 10.1. The van der Waals surface area contributed by atoms with Gasteiger partial charge in [0.2, 0.25) is 0 Å². The van der Waals surface area contributed by atoms with Crippen molar-refractivity contribution in [2.45, 2.75) is 44.5 Å². The Kier molecular flexibility index (Phi) is 6.30. The zero-order valence-electron chi connectivity index (χ0n) is 16.2. The normalized spacial score (nSPS) is 17.2. The van der Waals surface area contributed by atoms with E-state index >= 15 is 0 Å². The van der Waals surface area contributed by atoms with Gasteiger partial charge in [-0.3, -0.25) is 9.69 Å². The number of ether oxygens (including phenoxy) is 1. The van der Waals surface area contributed by atoms with Gasteiger partial charge in [0, 0.05) is 18.2 Å². The highest BCUT2D eigenvalue weighted by Crippen LogP contribution is 2.39. The third-order valence-electron chi connectivity index (χ3n) is 4.72. The molecule has 5 nitrogen and oxygen atoms in total. The Morgan fingerprint density at radius 3 is 2.58 bits per heavy atom. The first-order valence-corrected chi connectivity index (χ1v) is 9.17. The first-order valence-electron chi connectivity index (χ1n) is 9.17. The lowest BCUT2D eigenvalue weighted by Crippen LogP contribution is -2.43. The second-order valence-corrected chi connectivity index (χ2v) is 7.15. The predicted molar refractivity (Wildman–Crippen MR) is 95.4 cm³/mol. The van der Waals surface area contributed by atoms with Gasteiger partial charge in [-0.15, -0.1) is 0 Å². The summed E-state index contributed by atoms with van der Waals surface area (Å²) in [6.45, 7) is -0.632. The summed E-state index contributed by atoms with van der Waals surface area (Å²) in [5.41, 5.74) is 0.662. The largest absolute Gasteiger partial charge is 0.410 e. The number of benzene rings is 1. The molecule has 1 amide bonds. The van der Waals surface area contributed by atoms with E-state index < -0.39 is 43.7 Å². The van der Waals surface area contributed by atoms with E-state index in [9.17, 15) is 35.5 Å². The molecule has 0 saturated carbocycles. The van der Waals surface area contributed by atoms with E-state index in [2.05, 4.69) is 9.84 Å². The van der Waals surface area contributed by atoms with Crippen molar-refractivity contribution in [2.24, 2.45) is 0 Å². The van der Waals surface area contributed by atoms with Crippen molar-refractivity contribution >= 4 is 11.7 Å². The Labute approximate surface area is 172 Å². The van der Waals surface area contributed by atoms with E-state index in [1.54, 1.807) is 0 Å². The molecule has 0 spiro atoms. The number of alkyl halides is 7. The molecule has 1 unspecified atom stereocenters. The van der Waals surface area contributed by atoms with Crippen molar-refractivity contribution in [3.63, 3.8) is 0 Å². The Bertz CT molecular complexity index is 943. The molecule has 0 N–H and O–H groups in total. The molecule has 0 saturated heterocycles. The van der Waals surface area contributed by atoms with Crippen LogP contribution in [0.2, 0.25) is 0 Å². The monoisotopic (exact) mass is 453 g/mol. The fraction of sp³-hybridized carbons (Fsp3) is 0.474. The first-order chi connectivity index (χ1) is 14.4. The molecule has 0 aliphatic carbocycles. The number of nitrogens with zero attached hydrogens (tertiary/aromatic N) is 3. The maximum absolute atomic E-state index is 13.3. The SMILES string of the molecule is Cc1cc2n(n1)C(C(F)(F)F)CCN2C(=O)c1cccc(COCC(F)(F)C(F)F)c1. The van der Waals surface area contributed by atoms with Crippen molar-refractivity contribution in [3.8, 4) is 0 Å². The van der Waals surface area contributed by atoms with Crippen LogP contribution in [0.15, 0.2) is 30.3 Å². The zero-order valence-corrected chi connectivity index (χ0v) is 16.2. The number of halogens is 7. The van der Waals surface area contributed by atoms with Crippen LogP contribution >= 0.6 is 0 Å². The van der Waals surface area contributed by atoms with Crippen LogP contribution in [0.3, 0.4) is 0 Å². The zero-order chi connectivity index (χ0) is 23.0. The summed E-state index contributed by atoms with van der Waals surface area (Å²) in [5, 5.41) is 3.87. The van der Waals surface area contributed by atoms with Crippen LogP contribution in [0.4, 0.5) is 36.6 Å². The van der Waals surface area contributed by atoms with Crippen LogP contribution in [-0.2, 0) is 11.3 Å². The smallest absolute Gasteiger partial charge is 0.370 e. The lowest BCUT2D eigenvalue weighted by Gasteiger charge is -2.33. The maximum Gasteiger partial charge on any atom is 0.410 e. The van der Waals surface area contributed by atoms with Gasteiger partial charge in [0.25, 0.3) is 5.91 Å². The molecule has 1 aromatic carbocycles. The summed E-state index contributed by atoms with van der Waals surface area (Å²) >= 11 is 0. The van der Waals surface area contributed by atoms with Crippen molar-refractivity contribution in [1.82, 2.24) is 9.78 Å². The molecule has 2 heterocycles. The molecule has 0 radical (unpaired) electrons. The predicted octanol–water partition coefficient (Wildman–Crippen LogP) is 4.76. The number of amides is 1. The lowest BCUT2D eigenvalue weighted by molar-refractivity contribution is -0.172. The van der Waals surface area contributed by atoms with E-state index in [1.807, 2.05) is 0 Å². The van der Waals surface area contributed by atoms with E-state index in [4.69, 9.17) is 0 Å². The molecule has 0 fully saturated rings. The molecule has 12 heteroatoms. The van der Waals surface area contributed by atoms with Crippen LogP contribution in [-0.4, -0.2) is 47.4 Å². The molecule has 31 heavy (non-hydrogen) atoms. The quantitative estimate of drug-likeness (QED) is 0.593. The Balaban J connectivity index is 1.77. The molecular weight excluding hydrogens is 435 g/mol. The van der Waals surface area contributed by atoms with Gasteiger partial charge >= 0.3 is 18.5 Å². The number of carbonyl (C=O) groups excluding carboxylic acids is 1. The van der Waals surface area contributed by atoms with Gasteiger partial charge in [-0.2, -0.15) is 27.1 Å². The number of anilines is 1. The summed E-state index contributed by atoms with van der Waals surface area (Å²) in [7, 11) is 0. The number of rotatable bonds is 6. The Morgan fingerprint density at radius 2 is 1.94 bits per heavy atom. The van der Waals surface area contributed by atoms with E-state index in [0.717, 1.165) is 9.58 Å². The molecular formula is C19H18F7N3O2. The number of fused-ring (bicyclic) bond motifs is 1. The summed E-state index contributed by atoms with van der Waals surface area (Å²) in [6, 6.07) is 5.12. The van der Waals surface area contributed by atoms with Crippen molar-refractivity contribution in [2.75, 3.05) is 18.1 Å². The number of aromatic nitrogens is 2. The maximum atomic E-state index is 13.3. The van der Waals surface area contributed by atoms with Crippen molar-refractivity contribution < 1.29 is 40.3 Å². The summed E-state index contributed by atoms with van der Waals surface area (Å²) < 4.78 is 95.6. The summed E-state index contributed by atoms with van der Waals surface area (Å²) in [5.74, 6) is -4.91. The van der Waals surface area contributed by atoms with E-state index in [1.165, 1.54) is 37.3 Å². The molecule has 2 aromatic rings. The highest BCUT2D eigenvalue weighted by Gasteiger charge is 2.46. The standard InChI is InChI=1S/C19H18F7N3O2/c1-11-7-15-28(6-5-14(19(24,25)26)29(15)27-11)16(30)13-4-2-3-12(8-13)9-31-10-18(22,23)17(20)21/h2-4,7-8,14,17H,5-6,9-10H2,1H3. The average molecular weight is 453 g/mol. The third kappa shape index (κ3) is 5.00. The van der Waals surface area contributed by atoms with Gasteiger partial charge in [-0.1, -0.05) is 12.1 Å². The van der Waals surface area contributed by atoms with E-state index in [0.29, 0.717) is 5.69 Å². The number of carbonyl (C=O) groups is 1. The average Bonchev–Trinajstić information content (AvgIpc) is 3.06. The molecule has 3 rings (SSSR count). The molecule has 1 aliphatic heterocycles. The fourth-order valence-corrected chi connectivity index (χ4v) is 3.25. The number of hydrogen-bond acceptors (Lipinski definition) is 3. The van der Waals surface area contributed by atoms with Gasteiger partial charge in [0.15, 0.2) is 6.04 Å². The van der Waals surface area contributed by atoms with Crippen molar-refractivity contribution in [1.29, 1.82) is 0 Å². The van der Waals surface area contributed by atoms with Gasteiger partial charge in [-0.05, 0) is 31.0 Å². The minimum Gasteiger partial charge on any atom is -0.370 e. The molecule has 170 valence electrons. The van der Waals surface area contributed by atoms with Gasteiger partial charge < -0.3 is 4.74 Å². The summed E-state index contributed by atoms with van der Waals surface area (Å²) in [6.07, 6.45) is -8.78. The van der Waals surface area contributed by atoms with Crippen molar-refractivity contribution in [3.05, 3.63) is 47.2 Å². The highest BCUT2D eigenvalue weighted by atomic mass is 19.4. The third-order valence-corrected chi connectivity index (χ3v) is 4.72. The molecule has 1 aliphatic rings. The second kappa shape index (κ2) is 8.48. The van der Waals surface area contributed by atoms with Gasteiger partial charge in [0.05, 0.1) is 12.3 Å². The van der Waals surface area contributed by atoms with Crippen LogP contribution in [0.25, 0.3) is 0 Å². The first kappa shape index (κ1) is 23.0. The van der Waals surface area contributed by atoms with Crippen LogP contribution in [0.1, 0.15) is 34.1 Å². The Morgan fingerprint density at radius 1 is 1.23 bits per heavy atom. The fourth-order valence-electron chi connectivity index (χ4n) is 3.25. The molecule has 1 aromatic heterocycles. The topological polar surface area (TPSA) is 47.4 Å². The molecule has 1 atom stereocenters. The molecule has 0 bridgehead atoms. The van der Waals surface area contributed by atoms with Crippen LogP contribution in [0, 0.1) is 6.92 Å². The Hall–Kier alpha value is -2.63. The van der Waals surface area contributed by atoms with Crippen LogP contribution in [0.5, 0.6) is 0 Å². The number of aryl methyl sites for hydroxylation is 1. The minimum atomic E-state index is -4.53. The van der Waals surface area contributed by atoms with Crippen LogP contribution < -0.4 is 4.90 Å². The van der Waals surface area contributed by atoms with Gasteiger partial charge in [0.1, 0.15) is 12.4 Å². The van der Waals surface area contributed by atoms with E-state index in [-0.39, 0.29) is 29.9 Å².